The van der Waals surface area contributed by atoms with Crippen molar-refractivity contribution >= 4 is 39.3 Å². The second-order valence-corrected chi connectivity index (χ2v) is 10.0. The normalized spacial score (nSPS) is 26.7. The van der Waals surface area contributed by atoms with Gasteiger partial charge in [0.15, 0.2) is 11.4 Å². The first-order valence-electron chi connectivity index (χ1n) is 10.7. The molecule has 1 aromatic carbocycles. The maximum absolute atomic E-state index is 13.6. The van der Waals surface area contributed by atoms with Gasteiger partial charge in [-0.05, 0) is 38.4 Å². The number of aliphatic hydroxyl groups excluding tert-OH is 2. The van der Waals surface area contributed by atoms with E-state index in [1.807, 2.05) is 0 Å². The molecule has 1 amide bonds. The topological polar surface area (TPSA) is 279 Å². The number of nitrogens with zero attached hydrogens (tertiary/aromatic N) is 2. The molecule has 0 aliphatic heterocycles. The number of hydrogen-bond donors (Lipinski definition) is 7. The average molecular weight is 557 g/mol. The number of hydrogen-bond acceptors (Lipinski definition) is 12. The summed E-state index contributed by atoms with van der Waals surface area (Å²) in [5.41, 5.74) is 0.559. The Balaban J connectivity index is 0.000000732. The van der Waals surface area contributed by atoms with Crippen LogP contribution in [0, 0.1) is 22.0 Å². The first-order valence-corrected chi connectivity index (χ1v) is 12.1. The molecule has 0 bridgehead atoms. The summed E-state index contributed by atoms with van der Waals surface area (Å²) in [6, 6.07) is 1.25. The number of nitro benzene ring substituents is 1. The van der Waals surface area contributed by atoms with Crippen LogP contribution in [0.5, 0.6) is 5.75 Å². The number of phenolic OH excluding ortho intramolecular Hbond substituents is 1. The molecular formula is C21H23N3O13S. The maximum atomic E-state index is 13.6. The van der Waals surface area contributed by atoms with Crippen molar-refractivity contribution in [3.8, 4) is 5.75 Å². The molecule has 0 unspecified atom stereocenters. The zero-order chi connectivity index (χ0) is 29.1. The minimum Gasteiger partial charge on any atom is -0.508 e. The van der Waals surface area contributed by atoms with Crippen molar-refractivity contribution in [2.45, 2.75) is 24.5 Å². The highest BCUT2D eigenvalue weighted by molar-refractivity contribution is 7.79. The number of rotatable bonds is 3. The Labute approximate surface area is 214 Å². The monoisotopic (exact) mass is 557 g/mol. The Bertz CT molecular complexity index is 1440. The fraction of sp³-hybridized carbons (Fsp3) is 0.381. The number of aliphatic hydroxyl groups is 3. The number of carbonyl (C=O) groups is 3. The number of ketones is 2. The van der Waals surface area contributed by atoms with Crippen LogP contribution in [-0.4, -0.2) is 91.0 Å². The Morgan fingerprint density at radius 3 is 2.21 bits per heavy atom. The molecule has 1 aromatic rings. The fourth-order valence-electron chi connectivity index (χ4n) is 5.35. The molecule has 38 heavy (non-hydrogen) atoms. The van der Waals surface area contributed by atoms with Crippen molar-refractivity contribution in [1.29, 1.82) is 0 Å². The molecule has 4 atom stereocenters. The molecule has 1 fully saturated rings. The molecule has 3 aliphatic carbocycles. The third-order valence-electron chi connectivity index (χ3n) is 6.77. The van der Waals surface area contributed by atoms with Gasteiger partial charge in [-0.1, -0.05) is 6.07 Å². The quantitative estimate of drug-likeness (QED) is 0.104. The van der Waals surface area contributed by atoms with E-state index in [0.29, 0.717) is 5.56 Å². The van der Waals surface area contributed by atoms with Crippen molar-refractivity contribution in [1.82, 2.24) is 4.90 Å². The van der Waals surface area contributed by atoms with E-state index in [9.17, 15) is 44.9 Å². The highest BCUT2D eigenvalue weighted by Crippen LogP contribution is 2.53. The fourth-order valence-corrected chi connectivity index (χ4v) is 5.35. The van der Waals surface area contributed by atoms with Gasteiger partial charge in [-0.3, -0.25) is 38.5 Å². The number of benzene rings is 1. The van der Waals surface area contributed by atoms with Crippen molar-refractivity contribution in [3.05, 3.63) is 50.3 Å². The van der Waals surface area contributed by atoms with E-state index in [-0.39, 0.29) is 24.0 Å². The second kappa shape index (κ2) is 9.44. The van der Waals surface area contributed by atoms with Crippen LogP contribution in [-0.2, 0) is 31.2 Å². The lowest BCUT2D eigenvalue weighted by molar-refractivity contribution is -0.385. The molecule has 0 radical (unpaired) electrons. The van der Waals surface area contributed by atoms with Gasteiger partial charge in [0.1, 0.15) is 17.1 Å². The van der Waals surface area contributed by atoms with Crippen LogP contribution in [0.4, 0.5) is 5.69 Å². The summed E-state index contributed by atoms with van der Waals surface area (Å²) >= 11 is 0. The van der Waals surface area contributed by atoms with Crippen LogP contribution in [0.15, 0.2) is 29.0 Å². The zero-order valence-electron chi connectivity index (χ0n) is 19.7. The third kappa shape index (κ3) is 4.50. The van der Waals surface area contributed by atoms with Gasteiger partial charge in [-0.15, -0.1) is 0 Å². The molecular weight excluding hydrogens is 534 g/mol. The number of phenols is 1. The minimum absolute atomic E-state index is 0.0521. The van der Waals surface area contributed by atoms with Gasteiger partial charge in [-0.2, -0.15) is 8.42 Å². The molecule has 8 N–H and O–H groups in total. The van der Waals surface area contributed by atoms with Crippen LogP contribution >= 0.6 is 0 Å². The van der Waals surface area contributed by atoms with E-state index in [4.69, 9.17) is 23.3 Å². The van der Waals surface area contributed by atoms with Gasteiger partial charge < -0.3 is 26.2 Å². The first kappa shape index (κ1) is 28.7. The van der Waals surface area contributed by atoms with E-state index in [0.717, 1.165) is 6.07 Å². The standard InChI is InChI=1S/C21H21N3O9.H2O4S/c1-23(2)14-9-6-8-5-7-3-4-10(24(32)33)15(25)11(7)16(26)12(8)18(28)21(9,31)19(29)13(17(14)27)20(22)30;1-5(2,3)4/h3-4,8-9,14,25-26,29,31H,5-6H2,1-2H3,(H2,22,30);(H2,1,2,3,4)/t8-,9-,14-,21-;/m1./s1. The predicted molar refractivity (Wildman–Crippen MR) is 125 cm³/mol. The van der Waals surface area contributed by atoms with E-state index < -0.39 is 84.8 Å². The predicted octanol–water partition coefficient (Wildman–Crippen LogP) is -0.781. The van der Waals surface area contributed by atoms with Crippen molar-refractivity contribution in [2.75, 3.05) is 14.1 Å². The summed E-state index contributed by atoms with van der Waals surface area (Å²) in [6.45, 7) is 0. The van der Waals surface area contributed by atoms with Gasteiger partial charge >= 0.3 is 16.1 Å². The third-order valence-corrected chi connectivity index (χ3v) is 6.77. The summed E-state index contributed by atoms with van der Waals surface area (Å²) in [6.07, 6.45) is 0.0175. The first-order chi connectivity index (χ1) is 17.3. The van der Waals surface area contributed by atoms with Gasteiger partial charge in [-0.25, -0.2) is 0 Å². The van der Waals surface area contributed by atoms with E-state index in [1.54, 1.807) is 0 Å². The average Bonchev–Trinajstić information content (AvgIpc) is 2.74. The van der Waals surface area contributed by atoms with Crippen LogP contribution in [0.3, 0.4) is 0 Å². The molecule has 3 aliphatic rings. The largest absolute Gasteiger partial charge is 0.508 e. The smallest absolute Gasteiger partial charge is 0.394 e. The van der Waals surface area contributed by atoms with E-state index in [2.05, 4.69) is 0 Å². The number of nitro groups is 1. The molecule has 206 valence electrons. The van der Waals surface area contributed by atoms with Crippen LogP contribution in [0.2, 0.25) is 0 Å². The lowest BCUT2D eigenvalue weighted by Gasteiger charge is -2.50. The van der Waals surface area contributed by atoms with Crippen molar-refractivity contribution in [3.63, 3.8) is 0 Å². The zero-order valence-corrected chi connectivity index (χ0v) is 20.5. The Kier molecular flexibility index (Phi) is 7.12. The lowest BCUT2D eigenvalue weighted by atomic mass is 9.57. The number of carbonyl (C=O) groups excluding carboxylic acids is 3. The minimum atomic E-state index is -4.67. The van der Waals surface area contributed by atoms with Crippen molar-refractivity contribution < 1.29 is 57.3 Å². The number of amides is 1. The summed E-state index contributed by atoms with van der Waals surface area (Å²) < 4.78 is 31.6. The number of likely N-dealkylation sites (N-methyl/N-ethyl adjacent to an activating group) is 1. The molecule has 16 nitrogen and oxygen atoms in total. The van der Waals surface area contributed by atoms with E-state index in [1.165, 1.54) is 25.1 Å². The number of Topliss-reactive ketones (excluding diaryl/α,β-unsaturated/α-hetero) is 2. The molecule has 1 saturated carbocycles. The van der Waals surface area contributed by atoms with Gasteiger partial charge in [0.2, 0.25) is 11.5 Å². The number of fused-ring (bicyclic) bond motifs is 3. The summed E-state index contributed by atoms with van der Waals surface area (Å²) in [4.78, 5) is 50.2. The van der Waals surface area contributed by atoms with E-state index >= 15 is 0 Å². The summed E-state index contributed by atoms with van der Waals surface area (Å²) in [5, 5.41) is 54.6. The molecule has 0 saturated heterocycles. The van der Waals surface area contributed by atoms with Crippen LogP contribution < -0.4 is 5.73 Å². The highest BCUT2D eigenvalue weighted by atomic mass is 32.3. The number of aromatic hydroxyl groups is 1. The summed E-state index contributed by atoms with van der Waals surface area (Å²) in [5.74, 6) is -8.05. The number of nitrogens with two attached hydrogens (primary N) is 1. The van der Waals surface area contributed by atoms with Gasteiger partial charge in [0.25, 0.3) is 5.91 Å². The Morgan fingerprint density at radius 2 is 1.74 bits per heavy atom. The summed E-state index contributed by atoms with van der Waals surface area (Å²) in [7, 11) is -1.66. The maximum Gasteiger partial charge on any atom is 0.394 e. The van der Waals surface area contributed by atoms with Crippen LogP contribution in [0.1, 0.15) is 17.5 Å². The second-order valence-electron chi connectivity index (χ2n) is 9.13. The number of primary amides is 1. The molecule has 0 aromatic heterocycles. The SMILES string of the molecule is CN(C)[C@H]1C(=O)C(C(N)=O)=C(O)[C@]2(O)C(=O)C3=C(O)c4c(ccc([N+](=O)[O-])c4O)C[C@@H]3C[C@H]12.O=S(=O)(O)O. The lowest BCUT2D eigenvalue weighted by Crippen LogP contribution is -2.65. The van der Waals surface area contributed by atoms with Gasteiger partial charge in [0.05, 0.1) is 16.5 Å². The Morgan fingerprint density at radius 1 is 1.18 bits per heavy atom. The molecule has 0 heterocycles. The van der Waals surface area contributed by atoms with Gasteiger partial charge in [0, 0.05) is 17.6 Å². The molecule has 17 heteroatoms. The Hall–Kier alpha value is -3.90. The highest BCUT2D eigenvalue weighted by Gasteiger charge is 2.64. The molecule has 0 spiro atoms. The van der Waals surface area contributed by atoms with Crippen molar-refractivity contribution in [2.24, 2.45) is 17.6 Å². The molecule has 4 rings (SSSR count). The van der Waals surface area contributed by atoms with Crippen LogP contribution in [0.25, 0.3) is 5.76 Å².